The van der Waals surface area contributed by atoms with Gasteiger partial charge >= 0.3 is 6.18 Å². The molecule has 0 radical (unpaired) electrons. The molecule has 0 bridgehead atoms. The van der Waals surface area contributed by atoms with Gasteiger partial charge in [-0.2, -0.15) is 13.2 Å². The number of aryl methyl sites for hydroxylation is 2. The van der Waals surface area contributed by atoms with Gasteiger partial charge in [0.15, 0.2) is 11.0 Å². The Labute approximate surface area is 103 Å². The monoisotopic (exact) mass is 267 g/mol. The number of rotatable bonds is 3. The van der Waals surface area contributed by atoms with E-state index in [0.717, 1.165) is 4.90 Å². The van der Waals surface area contributed by atoms with Crippen LogP contribution in [0, 0.1) is 13.8 Å². The Morgan fingerprint density at radius 1 is 1.18 bits per heavy atom. The van der Waals surface area contributed by atoms with Crippen molar-refractivity contribution < 1.29 is 13.2 Å². The first-order valence-electron chi connectivity index (χ1n) is 5.07. The highest BCUT2D eigenvalue weighted by Gasteiger charge is 2.31. The fourth-order valence-corrected chi connectivity index (χ4v) is 1.61. The highest BCUT2D eigenvalue weighted by atomic mass is 35.5. The highest BCUT2D eigenvalue weighted by Crippen LogP contribution is 2.26. The molecule has 0 unspecified atom stereocenters. The second-order valence-electron chi connectivity index (χ2n) is 3.64. The maximum absolute atomic E-state index is 12.4. The van der Waals surface area contributed by atoms with Crippen molar-refractivity contribution in [1.82, 2.24) is 9.97 Å². The second-order valence-corrected chi connectivity index (χ2v) is 4.00. The first kappa shape index (κ1) is 14.0. The van der Waals surface area contributed by atoms with Gasteiger partial charge < -0.3 is 4.90 Å². The molecule has 3 nitrogen and oxygen atoms in total. The summed E-state index contributed by atoms with van der Waals surface area (Å²) < 4.78 is 37.1. The van der Waals surface area contributed by atoms with E-state index in [9.17, 15) is 13.2 Å². The highest BCUT2D eigenvalue weighted by molar-refractivity contribution is 6.31. The summed E-state index contributed by atoms with van der Waals surface area (Å²) in [5.41, 5.74) is 1.19. The van der Waals surface area contributed by atoms with Crippen molar-refractivity contribution in [3.05, 3.63) is 16.5 Å². The Morgan fingerprint density at radius 2 is 1.71 bits per heavy atom. The van der Waals surface area contributed by atoms with Crippen molar-refractivity contribution in [2.24, 2.45) is 0 Å². The molecule has 0 amide bonds. The zero-order chi connectivity index (χ0) is 13.2. The standard InChI is InChI=1S/C10H13ClF3N3/c1-4-17(5-10(12,13)14)9-8(11)15-6(2)7(3)16-9/h4-5H2,1-3H3. The molecule has 7 heteroatoms. The molecule has 17 heavy (non-hydrogen) atoms. The quantitative estimate of drug-likeness (QED) is 0.842. The Kier molecular flexibility index (Phi) is 4.19. The number of anilines is 1. The van der Waals surface area contributed by atoms with E-state index < -0.39 is 12.7 Å². The molecular weight excluding hydrogens is 255 g/mol. The molecule has 0 aliphatic rings. The summed E-state index contributed by atoms with van der Waals surface area (Å²) in [5, 5.41) is -0.000741. The van der Waals surface area contributed by atoms with Gasteiger partial charge in [0.2, 0.25) is 0 Å². The summed E-state index contributed by atoms with van der Waals surface area (Å²) in [6.45, 7) is 4.08. The maximum atomic E-state index is 12.4. The van der Waals surface area contributed by atoms with Gasteiger partial charge in [0.25, 0.3) is 0 Å². The summed E-state index contributed by atoms with van der Waals surface area (Å²) >= 11 is 5.82. The van der Waals surface area contributed by atoms with Gasteiger partial charge in [-0.3, -0.25) is 0 Å². The summed E-state index contributed by atoms with van der Waals surface area (Å²) in [6, 6.07) is 0. The van der Waals surface area contributed by atoms with Gasteiger partial charge in [-0.1, -0.05) is 11.6 Å². The molecule has 0 aliphatic carbocycles. The normalized spacial score (nSPS) is 11.7. The van der Waals surface area contributed by atoms with Crippen molar-refractivity contribution in [2.45, 2.75) is 26.9 Å². The van der Waals surface area contributed by atoms with Crippen molar-refractivity contribution >= 4 is 17.4 Å². The van der Waals surface area contributed by atoms with E-state index in [4.69, 9.17) is 11.6 Å². The lowest BCUT2D eigenvalue weighted by Crippen LogP contribution is -2.35. The molecule has 0 atom stereocenters. The molecule has 0 saturated carbocycles. The van der Waals surface area contributed by atoms with Gasteiger partial charge in [-0.05, 0) is 20.8 Å². The topological polar surface area (TPSA) is 29.0 Å². The van der Waals surface area contributed by atoms with E-state index in [1.54, 1.807) is 20.8 Å². The molecule has 0 fully saturated rings. The van der Waals surface area contributed by atoms with Crippen LogP contribution in [0.25, 0.3) is 0 Å². The number of hydrogen-bond donors (Lipinski definition) is 0. The van der Waals surface area contributed by atoms with Crippen LogP contribution in [-0.2, 0) is 0 Å². The van der Waals surface area contributed by atoms with Gasteiger partial charge in [-0.25, -0.2) is 9.97 Å². The van der Waals surface area contributed by atoms with Crippen molar-refractivity contribution in [3.8, 4) is 0 Å². The lowest BCUT2D eigenvalue weighted by Gasteiger charge is -2.24. The van der Waals surface area contributed by atoms with Crippen LogP contribution in [0.5, 0.6) is 0 Å². The average Bonchev–Trinajstić information content (AvgIpc) is 2.19. The maximum Gasteiger partial charge on any atom is 0.405 e. The lowest BCUT2D eigenvalue weighted by atomic mass is 10.3. The number of aromatic nitrogens is 2. The molecule has 1 aromatic heterocycles. The molecule has 96 valence electrons. The van der Waals surface area contributed by atoms with Crippen molar-refractivity contribution in [3.63, 3.8) is 0 Å². The van der Waals surface area contributed by atoms with E-state index in [0.29, 0.717) is 11.4 Å². The third-order valence-corrected chi connectivity index (χ3v) is 2.55. The SMILES string of the molecule is CCN(CC(F)(F)F)c1nc(C)c(C)nc1Cl. The lowest BCUT2D eigenvalue weighted by molar-refractivity contribution is -0.119. The first-order valence-corrected chi connectivity index (χ1v) is 5.45. The van der Waals surface area contributed by atoms with Gasteiger partial charge in [0, 0.05) is 6.54 Å². The van der Waals surface area contributed by atoms with Crippen LogP contribution in [0.4, 0.5) is 19.0 Å². The van der Waals surface area contributed by atoms with Crippen LogP contribution in [0.15, 0.2) is 0 Å². The third-order valence-electron chi connectivity index (χ3n) is 2.30. The number of hydrogen-bond acceptors (Lipinski definition) is 3. The molecule has 0 aliphatic heterocycles. The Morgan fingerprint density at radius 3 is 2.18 bits per heavy atom. The second kappa shape index (κ2) is 5.08. The summed E-state index contributed by atoms with van der Waals surface area (Å²) in [6.07, 6.45) is -4.29. The molecule has 0 aromatic carbocycles. The minimum absolute atomic E-state index is 0.000741. The number of alkyl halides is 3. The molecule has 1 aromatic rings. The fourth-order valence-electron chi connectivity index (χ4n) is 1.32. The minimum Gasteiger partial charge on any atom is -0.345 e. The predicted octanol–water partition coefficient (Wildman–Crippen LogP) is 3.14. The van der Waals surface area contributed by atoms with E-state index in [1.807, 2.05) is 0 Å². The average molecular weight is 268 g/mol. The molecule has 1 rings (SSSR count). The van der Waals surface area contributed by atoms with Crippen LogP contribution >= 0.6 is 11.6 Å². The predicted molar refractivity (Wildman–Crippen MR) is 60.5 cm³/mol. The minimum atomic E-state index is -4.29. The van der Waals surface area contributed by atoms with Crippen LogP contribution in [0.2, 0.25) is 5.15 Å². The van der Waals surface area contributed by atoms with Gasteiger partial charge in [0.05, 0.1) is 11.4 Å². The Bertz CT molecular complexity index is 407. The fraction of sp³-hybridized carbons (Fsp3) is 0.600. The zero-order valence-electron chi connectivity index (χ0n) is 9.77. The van der Waals surface area contributed by atoms with Crippen LogP contribution in [-0.4, -0.2) is 29.2 Å². The van der Waals surface area contributed by atoms with Crippen LogP contribution in [0.3, 0.4) is 0 Å². The van der Waals surface area contributed by atoms with E-state index in [1.165, 1.54) is 0 Å². The first-order chi connectivity index (χ1) is 7.74. The third kappa shape index (κ3) is 3.73. The van der Waals surface area contributed by atoms with E-state index >= 15 is 0 Å². The van der Waals surface area contributed by atoms with Crippen LogP contribution < -0.4 is 4.90 Å². The Balaban J connectivity index is 3.08. The summed E-state index contributed by atoms with van der Waals surface area (Å²) in [7, 11) is 0. The van der Waals surface area contributed by atoms with E-state index in [-0.39, 0.29) is 17.5 Å². The van der Waals surface area contributed by atoms with Crippen molar-refractivity contribution in [1.29, 1.82) is 0 Å². The zero-order valence-corrected chi connectivity index (χ0v) is 10.5. The molecule has 0 saturated heterocycles. The summed E-state index contributed by atoms with van der Waals surface area (Å²) in [5.74, 6) is 0.0783. The van der Waals surface area contributed by atoms with Gasteiger partial charge in [0.1, 0.15) is 6.54 Å². The summed E-state index contributed by atoms with van der Waals surface area (Å²) in [4.78, 5) is 9.08. The largest absolute Gasteiger partial charge is 0.405 e. The number of halogens is 4. The van der Waals surface area contributed by atoms with E-state index in [2.05, 4.69) is 9.97 Å². The smallest absolute Gasteiger partial charge is 0.345 e. The number of nitrogens with zero attached hydrogens (tertiary/aromatic N) is 3. The van der Waals surface area contributed by atoms with Crippen LogP contribution in [0.1, 0.15) is 18.3 Å². The van der Waals surface area contributed by atoms with Crippen molar-refractivity contribution in [2.75, 3.05) is 18.0 Å². The molecule has 0 spiro atoms. The Hall–Kier alpha value is -1.04. The molecule has 1 heterocycles. The van der Waals surface area contributed by atoms with Gasteiger partial charge in [-0.15, -0.1) is 0 Å². The molecular formula is C10H13ClF3N3. The molecule has 0 N–H and O–H groups in total.